The van der Waals surface area contributed by atoms with Gasteiger partial charge in [0.25, 0.3) is 0 Å². The summed E-state index contributed by atoms with van der Waals surface area (Å²) in [6, 6.07) is 0.534. The molecule has 1 fully saturated rings. The third kappa shape index (κ3) is 5.27. The van der Waals surface area contributed by atoms with Crippen molar-refractivity contribution in [2.24, 2.45) is 0 Å². The lowest BCUT2D eigenvalue weighted by Gasteiger charge is -2.43. The number of hydrogen-bond donors (Lipinski definition) is 1. The minimum atomic E-state index is 0.104. The number of unbranched alkanes of at least 4 members (excludes halogenated alkanes) is 3. The van der Waals surface area contributed by atoms with Crippen LogP contribution in [0.15, 0.2) is 12.7 Å². The summed E-state index contributed by atoms with van der Waals surface area (Å²) in [7, 11) is 1.91. The van der Waals surface area contributed by atoms with E-state index >= 15 is 0 Å². The molecular weight excluding hydrogens is 234 g/mol. The highest BCUT2D eigenvalue weighted by molar-refractivity contribution is 4.95. The van der Waals surface area contributed by atoms with Gasteiger partial charge in [0, 0.05) is 13.2 Å². The second-order valence-electron chi connectivity index (χ2n) is 5.87. The molecule has 1 rings (SSSR count). The Kier molecular flexibility index (Phi) is 8.40. The summed E-state index contributed by atoms with van der Waals surface area (Å²) in [6.07, 6.45) is 14.8. The van der Waals surface area contributed by atoms with Gasteiger partial charge in [-0.3, -0.25) is 0 Å². The molecule has 2 heteroatoms. The SMILES string of the molecule is C=CCCCCCC(NCC)C1(OC)CCCCC1. The summed E-state index contributed by atoms with van der Waals surface area (Å²) >= 11 is 0. The van der Waals surface area contributed by atoms with E-state index in [1.807, 2.05) is 13.2 Å². The average molecular weight is 267 g/mol. The fraction of sp³-hybridized carbons (Fsp3) is 0.882. The molecule has 0 spiro atoms. The maximum absolute atomic E-state index is 5.99. The largest absolute Gasteiger partial charge is 0.377 e. The molecule has 0 aromatic carbocycles. The zero-order valence-electron chi connectivity index (χ0n) is 13.0. The van der Waals surface area contributed by atoms with Crippen molar-refractivity contribution >= 4 is 0 Å². The second-order valence-corrected chi connectivity index (χ2v) is 5.87. The second kappa shape index (κ2) is 9.55. The molecule has 19 heavy (non-hydrogen) atoms. The van der Waals surface area contributed by atoms with E-state index in [0.29, 0.717) is 6.04 Å². The van der Waals surface area contributed by atoms with Gasteiger partial charge < -0.3 is 10.1 Å². The monoisotopic (exact) mass is 267 g/mol. The molecule has 1 saturated carbocycles. The first-order valence-corrected chi connectivity index (χ1v) is 8.18. The molecule has 2 nitrogen and oxygen atoms in total. The van der Waals surface area contributed by atoms with Crippen LogP contribution in [0.25, 0.3) is 0 Å². The molecule has 1 aliphatic carbocycles. The summed E-state index contributed by atoms with van der Waals surface area (Å²) in [4.78, 5) is 0. The Morgan fingerprint density at radius 3 is 2.53 bits per heavy atom. The Morgan fingerprint density at radius 2 is 1.95 bits per heavy atom. The molecule has 0 bridgehead atoms. The first kappa shape index (κ1) is 16.7. The fourth-order valence-corrected chi connectivity index (χ4v) is 3.46. The van der Waals surface area contributed by atoms with E-state index in [1.54, 1.807) is 0 Å². The zero-order valence-corrected chi connectivity index (χ0v) is 13.0. The minimum Gasteiger partial charge on any atom is -0.377 e. The van der Waals surface area contributed by atoms with Crippen LogP contribution in [0.1, 0.15) is 71.1 Å². The fourth-order valence-electron chi connectivity index (χ4n) is 3.46. The van der Waals surface area contributed by atoms with Gasteiger partial charge in [-0.2, -0.15) is 0 Å². The Morgan fingerprint density at radius 1 is 1.21 bits per heavy atom. The molecule has 0 aromatic heterocycles. The number of ether oxygens (including phenoxy) is 1. The van der Waals surface area contributed by atoms with Gasteiger partial charge in [-0.1, -0.05) is 45.1 Å². The van der Waals surface area contributed by atoms with Crippen molar-refractivity contribution in [2.45, 2.75) is 82.8 Å². The predicted molar refractivity (Wildman–Crippen MR) is 83.6 cm³/mol. The first-order valence-electron chi connectivity index (χ1n) is 8.18. The third-order valence-electron chi connectivity index (χ3n) is 4.59. The summed E-state index contributed by atoms with van der Waals surface area (Å²) in [5.41, 5.74) is 0.104. The van der Waals surface area contributed by atoms with Crippen molar-refractivity contribution in [2.75, 3.05) is 13.7 Å². The van der Waals surface area contributed by atoms with E-state index in [9.17, 15) is 0 Å². The van der Waals surface area contributed by atoms with Crippen LogP contribution in [0.2, 0.25) is 0 Å². The Hall–Kier alpha value is -0.340. The van der Waals surface area contributed by atoms with Gasteiger partial charge in [-0.25, -0.2) is 0 Å². The Labute approximate surface area is 120 Å². The van der Waals surface area contributed by atoms with Crippen molar-refractivity contribution in [1.29, 1.82) is 0 Å². The molecule has 0 saturated heterocycles. The van der Waals surface area contributed by atoms with Crippen molar-refractivity contribution in [3.8, 4) is 0 Å². The molecule has 0 aliphatic heterocycles. The highest BCUT2D eigenvalue weighted by Crippen LogP contribution is 2.35. The molecule has 0 aromatic rings. The molecule has 1 atom stereocenters. The van der Waals surface area contributed by atoms with Crippen molar-refractivity contribution in [1.82, 2.24) is 5.32 Å². The number of methoxy groups -OCH3 is 1. The van der Waals surface area contributed by atoms with Gasteiger partial charge in [-0.15, -0.1) is 6.58 Å². The molecule has 0 heterocycles. The van der Waals surface area contributed by atoms with Gasteiger partial charge >= 0.3 is 0 Å². The van der Waals surface area contributed by atoms with Crippen LogP contribution in [0.4, 0.5) is 0 Å². The van der Waals surface area contributed by atoms with Gasteiger partial charge in [0.15, 0.2) is 0 Å². The highest BCUT2D eigenvalue weighted by Gasteiger charge is 2.39. The quantitative estimate of drug-likeness (QED) is 0.466. The van der Waals surface area contributed by atoms with Gasteiger partial charge in [0.2, 0.25) is 0 Å². The number of allylic oxidation sites excluding steroid dienone is 1. The maximum atomic E-state index is 5.99. The number of likely N-dealkylation sites (N-methyl/N-ethyl adjacent to an activating group) is 1. The lowest BCUT2D eigenvalue weighted by Crippen LogP contribution is -2.53. The van der Waals surface area contributed by atoms with Crippen molar-refractivity contribution < 1.29 is 4.74 Å². The maximum Gasteiger partial charge on any atom is 0.0830 e. The van der Waals surface area contributed by atoms with Crippen LogP contribution < -0.4 is 5.32 Å². The van der Waals surface area contributed by atoms with E-state index in [1.165, 1.54) is 57.8 Å². The highest BCUT2D eigenvalue weighted by atomic mass is 16.5. The molecule has 0 amide bonds. The molecular formula is C17H33NO. The summed E-state index contributed by atoms with van der Waals surface area (Å²) in [6.45, 7) is 7.04. The Balaban J connectivity index is 2.46. The van der Waals surface area contributed by atoms with Crippen LogP contribution >= 0.6 is 0 Å². The topological polar surface area (TPSA) is 21.3 Å². The summed E-state index contributed by atoms with van der Waals surface area (Å²) in [5, 5.41) is 3.69. The van der Waals surface area contributed by atoms with Gasteiger partial charge in [-0.05, 0) is 38.6 Å². The molecule has 1 unspecified atom stereocenters. The normalized spacial score (nSPS) is 20.1. The lowest BCUT2D eigenvalue weighted by molar-refractivity contribution is -0.0694. The number of nitrogens with one attached hydrogen (secondary N) is 1. The first-order chi connectivity index (χ1) is 9.29. The molecule has 0 radical (unpaired) electrons. The Bertz CT molecular complexity index is 233. The molecule has 112 valence electrons. The van der Waals surface area contributed by atoms with Gasteiger partial charge in [0.1, 0.15) is 0 Å². The summed E-state index contributed by atoms with van der Waals surface area (Å²) < 4.78 is 5.99. The summed E-state index contributed by atoms with van der Waals surface area (Å²) in [5.74, 6) is 0. The minimum absolute atomic E-state index is 0.104. The van der Waals surface area contributed by atoms with E-state index in [4.69, 9.17) is 4.74 Å². The average Bonchev–Trinajstić information content (AvgIpc) is 2.46. The standard InChI is InChI=1S/C17H33NO/c1-4-6-7-8-10-13-16(18-5-2)17(19-3)14-11-9-12-15-17/h4,16,18H,1,5-15H2,2-3H3. The smallest absolute Gasteiger partial charge is 0.0830 e. The number of rotatable bonds is 10. The third-order valence-corrected chi connectivity index (χ3v) is 4.59. The van der Waals surface area contributed by atoms with E-state index < -0.39 is 0 Å². The number of hydrogen-bond acceptors (Lipinski definition) is 2. The van der Waals surface area contributed by atoms with Crippen LogP contribution in [-0.2, 0) is 4.74 Å². The van der Waals surface area contributed by atoms with Crippen LogP contribution in [0, 0.1) is 0 Å². The lowest BCUT2D eigenvalue weighted by atomic mass is 9.77. The van der Waals surface area contributed by atoms with E-state index in [-0.39, 0.29) is 5.60 Å². The van der Waals surface area contributed by atoms with Crippen LogP contribution in [0.3, 0.4) is 0 Å². The molecule has 1 aliphatic rings. The van der Waals surface area contributed by atoms with E-state index in [0.717, 1.165) is 13.0 Å². The van der Waals surface area contributed by atoms with Crippen LogP contribution in [0.5, 0.6) is 0 Å². The van der Waals surface area contributed by atoms with Gasteiger partial charge in [0.05, 0.1) is 5.60 Å². The predicted octanol–water partition coefficient (Wildman–Crippen LogP) is 4.45. The zero-order chi connectivity index (χ0) is 14.0. The van der Waals surface area contributed by atoms with Crippen molar-refractivity contribution in [3.05, 3.63) is 12.7 Å². The molecule has 1 N–H and O–H groups in total. The van der Waals surface area contributed by atoms with Crippen molar-refractivity contribution in [3.63, 3.8) is 0 Å². The van der Waals surface area contributed by atoms with E-state index in [2.05, 4.69) is 18.8 Å². The van der Waals surface area contributed by atoms with Crippen LogP contribution in [-0.4, -0.2) is 25.3 Å².